The third-order valence-corrected chi connectivity index (χ3v) is 8.60. The van der Waals surface area contributed by atoms with Crippen molar-refractivity contribution in [2.24, 2.45) is 5.73 Å². The molecule has 7 heteroatoms. The molecule has 0 aliphatic carbocycles. The van der Waals surface area contributed by atoms with Crippen LogP contribution < -0.4 is 11.1 Å². The number of carboxylic acids is 1. The molecule has 49 heavy (non-hydrogen) atoms. The molecule has 0 radical (unpaired) electrons. The number of unbranched alkanes of at least 4 members (excludes halogenated alkanes) is 15. The molecule has 0 aromatic rings. The van der Waals surface area contributed by atoms with Gasteiger partial charge in [-0.1, -0.05) is 121 Å². The molecule has 282 valence electrons. The summed E-state index contributed by atoms with van der Waals surface area (Å²) in [7, 11) is 0. The highest BCUT2D eigenvalue weighted by molar-refractivity contribution is 5.83. The van der Waals surface area contributed by atoms with E-state index in [1.807, 2.05) is 6.08 Å². The fourth-order valence-corrected chi connectivity index (χ4v) is 5.55. The minimum absolute atomic E-state index is 0.119. The number of carboxylic acid groups (broad SMARTS) is 1. The van der Waals surface area contributed by atoms with Crippen LogP contribution in [0, 0.1) is 0 Å². The van der Waals surface area contributed by atoms with Crippen LogP contribution in [0.3, 0.4) is 0 Å². The van der Waals surface area contributed by atoms with Gasteiger partial charge in [-0.25, -0.2) is 4.79 Å². The molecule has 4 N–H and O–H groups in total. The number of aliphatic carboxylic acids is 1. The van der Waals surface area contributed by atoms with Gasteiger partial charge in [0.15, 0.2) is 0 Å². The van der Waals surface area contributed by atoms with E-state index in [1.165, 1.54) is 64.2 Å². The van der Waals surface area contributed by atoms with Gasteiger partial charge in [-0.15, -0.1) is 0 Å². The molecule has 0 aromatic heterocycles. The lowest BCUT2D eigenvalue weighted by atomic mass is 10.1. The predicted octanol–water partition coefficient (Wildman–Crippen LogP) is 10.8. The van der Waals surface area contributed by atoms with Crippen LogP contribution in [-0.2, 0) is 19.1 Å². The summed E-state index contributed by atoms with van der Waals surface area (Å²) in [4.78, 5) is 36.2. The Balaban J connectivity index is 4.41. The lowest BCUT2D eigenvalue weighted by molar-refractivity contribution is -0.147. The molecule has 0 aliphatic rings. The highest BCUT2D eigenvalue weighted by atomic mass is 16.5. The van der Waals surface area contributed by atoms with Crippen molar-refractivity contribution in [3.05, 3.63) is 48.6 Å². The van der Waals surface area contributed by atoms with Crippen LogP contribution in [0.15, 0.2) is 48.6 Å². The molecule has 0 heterocycles. The topological polar surface area (TPSA) is 119 Å². The molecule has 2 unspecified atom stereocenters. The first-order chi connectivity index (χ1) is 23.9. The minimum atomic E-state index is -1.02. The Labute approximate surface area is 300 Å². The second-order valence-corrected chi connectivity index (χ2v) is 13.3. The molecule has 0 spiro atoms. The number of hydrogen-bond donors (Lipinski definition) is 3. The number of nitrogens with one attached hydrogen (secondary N) is 1. The van der Waals surface area contributed by atoms with Gasteiger partial charge in [0.1, 0.15) is 12.1 Å². The van der Waals surface area contributed by atoms with Crippen LogP contribution in [0.1, 0.15) is 181 Å². The standard InChI is InChI=1S/C42H74N2O5/c1-3-5-7-9-11-13-14-15-16-17-18-20-22-24-30-36-41(46)49-38(32-27-23-21-19-12-10-8-6-4-2)33-28-25-26-29-35-40(45)44-39(42(47)48)34-31-37-43/h11,13,15-16,19,21,27,32,38-39H,3-10,12,14,17-18,20,22-26,28-31,33-37,43H2,1-2H3,(H,44,45)(H,47,48)/b13-11-,16-15-,21-19-,32-27-. The van der Waals surface area contributed by atoms with Crippen molar-refractivity contribution in [3.8, 4) is 0 Å². The Morgan fingerprint density at radius 1 is 0.612 bits per heavy atom. The third kappa shape index (κ3) is 33.6. The second-order valence-electron chi connectivity index (χ2n) is 13.3. The summed E-state index contributed by atoms with van der Waals surface area (Å²) < 4.78 is 5.89. The van der Waals surface area contributed by atoms with E-state index in [1.54, 1.807) is 0 Å². The second kappa shape index (κ2) is 36.6. The van der Waals surface area contributed by atoms with Crippen molar-refractivity contribution in [1.82, 2.24) is 5.32 Å². The Hall–Kier alpha value is -2.67. The number of esters is 1. The van der Waals surface area contributed by atoms with E-state index in [4.69, 9.17) is 10.5 Å². The first-order valence-corrected chi connectivity index (χ1v) is 20.0. The summed E-state index contributed by atoms with van der Waals surface area (Å²) in [5.41, 5.74) is 5.47. The Bertz CT molecular complexity index is 911. The quantitative estimate of drug-likeness (QED) is 0.0347. The summed E-state index contributed by atoms with van der Waals surface area (Å²) in [5.74, 6) is -1.37. The van der Waals surface area contributed by atoms with Crippen LogP contribution in [0.4, 0.5) is 0 Å². The first kappa shape index (κ1) is 46.3. The van der Waals surface area contributed by atoms with Crippen molar-refractivity contribution in [2.45, 2.75) is 193 Å². The van der Waals surface area contributed by atoms with Crippen LogP contribution >= 0.6 is 0 Å². The first-order valence-electron chi connectivity index (χ1n) is 20.0. The van der Waals surface area contributed by atoms with Crippen molar-refractivity contribution < 1.29 is 24.2 Å². The molecule has 7 nitrogen and oxygen atoms in total. The number of amides is 1. The lowest BCUT2D eigenvalue weighted by Crippen LogP contribution is -2.40. The summed E-state index contributed by atoms with van der Waals surface area (Å²) in [6, 6.07) is -0.876. The van der Waals surface area contributed by atoms with E-state index in [0.717, 1.165) is 70.6 Å². The lowest BCUT2D eigenvalue weighted by Gasteiger charge is -2.15. The number of nitrogens with two attached hydrogens (primary N) is 1. The molecule has 0 saturated heterocycles. The van der Waals surface area contributed by atoms with Crippen LogP contribution in [0.25, 0.3) is 0 Å². The summed E-state index contributed by atoms with van der Waals surface area (Å²) >= 11 is 0. The molecule has 0 rings (SSSR count). The van der Waals surface area contributed by atoms with Crippen molar-refractivity contribution in [3.63, 3.8) is 0 Å². The fraction of sp³-hybridized carbons (Fsp3) is 0.738. The predicted molar refractivity (Wildman–Crippen MR) is 206 cm³/mol. The zero-order chi connectivity index (χ0) is 36.0. The zero-order valence-electron chi connectivity index (χ0n) is 31.5. The minimum Gasteiger partial charge on any atom is -0.480 e. The van der Waals surface area contributed by atoms with E-state index in [0.29, 0.717) is 38.6 Å². The summed E-state index contributed by atoms with van der Waals surface area (Å²) in [5, 5.41) is 11.9. The molecule has 0 bridgehead atoms. The van der Waals surface area contributed by atoms with Crippen molar-refractivity contribution >= 4 is 17.8 Å². The number of carbonyl (C=O) groups is 3. The average molecular weight is 687 g/mol. The highest BCUT2D eigenvalue weighted by Gasteiger charge is 2.19. The van der Waals surface area contributed by atoms with E-state index in [-0.39, 0.29) is 18.0 Å². The maximum absolute atomic E-state index is 12.7. The van der Waals surface area contributed by atoms with E-state index in [2.05, 4.69) is 61.7 Å². The van der Waals surface area contributed by atoms with Crippen LogP contribution in [0.5, 0.6) is 0 Å². The smallest absolute Gasteiger partial charge is 0.326 e. The molecule has 0 fully saturated rings. The van der Waals surface area contributed by atoms with Gasteiger partial charge >= 0.3 is 11.9 Å². The average Bonchev–Trinajstić information content (AvgIpc) is 3.08. The molecular weight excluding hydrogens is 612 g/mol. The van der Waals surface area contributed by atoms with E-state index >= 15 is 0 Å². The third-order valence-electron chi connectivity index (χ3n) is 8.60. The largest absolute Gasteiger partial charge is 0.480 e. The molecule has 1 amide bonds. The van der Waals surface area contributed by atoms with Gasteiger partial charge in [-0.3, -0.25) is 9.59 Å². The number of rotatable bonds is 35. The monoisotopic (exact) mass is 687 g/mol. The molecule has 0 aliphatic heterocycles. The van der Waals surface area contributed by atoms with E-state index < -0.39 is 12.0 Å². The van der Waals surface area contributed by atoms with Gasteiger partial charge in [-0.2, -0.15) is 0 Å². The van der Waals surface area contributed by atoms with Crippen molar-refractivity contribution in [2.75, 3.05) is 6.54 Å². The van der Waals surface area contributed by atoms with Crippen LogP contribution in [-0.4, -0.2) is 41.6 Å². The van der Waals surface area contributed by atoms with Gasteiger partial charge in [-0.05, 0) is 103 Å². The molecule has 0 aromatic carbocycles. The van der Waals surface area contributed by atoms with Gasteiger partial charge in [0.25, 0.3) is 0 Å². The molecule has 0 saturated carbocycles. The summed E-state index contributed by atoms with van der Waals surface area (Å²) in [6.45, 7) is 4.86. The van der Waals surface area contributed by atoms with E-state index in [9.17, 15) is 19.5 Å². The number of carbonyl (C=O) groups excluding carboxylic acids is 2. The normalized spacial score (nSPS) is 13.2. The van der Waals surface area contributed by atoms with Gasteiger partial charge in [0.2, 0.25) is 5.91 Å². The highest BCUT2D eigenvalue weighted by Crippen LogP contribution is 2.15. The number of hydrogen-bond acceptors (Lipinski definition) is 5. The molecule has 2 atom stereocenters. The Kier molecular flexibility index (Phi) is 34.6. The fourth-order valence-electron chi connectivity index (χ4n) is 5.55. The maximum Gasteiger partial charge on any atom is 0.326 e. The Morgan fingerprint density at radius 2 is 1.12 bits per heavy atom. The maximum atomic E-state index is 12.7. The molecular formula is C42H74N2O5. The van der Waals surface area contributed by atoms with Gasteiger partial charge in [0, 0.05) is 12.8 Å². The van der Waals surface area contributed by atoms with Crippen molar-refractivity contribution in [1.29, 1.82) is 0 Å². The number of allylic oxidation sites excluding steroid dienone is 7. The van der Waals surface area contributed by atoms with Gasteiger partial charge in [0.05, 0.1) is 0 Å². The number of ether oxygens (including phenoxy) is 1. The van der Waals surface area contributed by atoms with Gasteiger partial charge < -0.3 is 20.9 Å². The summed E-state index contributed by atoms with van der Waals surface area (Å²) in [6.07, 6.45) is 43.0. The SMILES string of the molecule is CCCCC/C=C\C/C=C\CCCCCCCC(=O)OC(/C=C\C/C=C\CCCCCC)CCCCCCC(=O)NC(CCCN)C(=O)O. The Morgan fingerprint density at radius 3 is 1.73 bits per heavy atom. The van der Waals surface area contributed by atoms with Crippen LogP contribution in [0.2, 0.25) is 0 Å². The zero-order valence-corrected chi connectivity index (χ0v) is 31.5.